The Labute approximate surface area is 130 Å². The van der Waals surface area contributed by atoms with E-state index in [1.807, 2.05) is 12.1 Å². The molecule has 0 aliphatic carbocycles. The molecule has 1 atom stereocenters. The SMILES string of the molecule is C[C@@H]1CCCN(c2cccc(C(=O)c3cccnc3N)n2)C1. The highest BCUT2D eigenvalue weighted by atomic mass is 16.1. The zero-order valence-corrected chi connectivity index (χ0v) is 12.7. The largest absolute Gasteiger partial charge is 0.383 e. The number of carbonyl (C=O) groups excluding carboxylic acids is 1. The van der Waals surface area contributed by atoms with Crippen LogP contribution in [0.25, 0.3) is 0 Å². The molecule has 0 amide bonds. The van der Waals surface area contributed by atoms with Gasteiger partial charge in [0.15, 0.2) is 0 Å². The van der Waals surface area contributed by atoms with E-state index in [1.165, 1.54) is 6.42 Å². The fourth-order valence-electron chi connectivity index (χ4n) is 2.87. The van der Waals surface area contributed by atoms with Crippen molar-refractivity contribution in [1.82, 2.24) is 9.97 Å². The van der Waals surface area contributed by atoms with Crippen LogP contribution >= 0.6 is 0 Å². The molecule has 3 heterocycles. The molecule has 5 heteroatoms. The number of rotatable bonds is 3. The highest BCUT2D eigenvalue weighted by Crippen LogP contribution is 2.22. The summed E-state index contributed by atoms with van der Waals surface area (Å²) < 4.78 is 0. The second-order valence-corrected chi connectivity index (χ2v) is 5.84. The highest BCUT2D eigenvalue weighted by molar-refractivity contribution is 6.10. The summed E-state index contributed by atoms with van der Waals surface area (Å²) in [5, 5.41) is 0. The Bertz CT molecular complexity index is 686. The Balaban J connectivity index is 1.88. The number of carbonyl (C=O) groups is 1. The Morgan fingerprint density at radius 1 is 1.32 bits per heavy atom. The normalized spacial score (nSPS) is 18.2. The third kappa shape index (κ3) is 2.93. The van der Waals surface area contributed by atoms with E-state index in [-0.39, 0.29) is 11.6 Å². The number of anilines is 2. The summed E-state index contributed by atoms with van der Waals surface area (Å²) in [5.74, 6) is 1.58. The van der Waals surface area contributed by atoms with Crippen LogP contribution in [0.1, 0.15) is 35.8 Å². The number of ketones is 1. The number of nitrogen functional groups attached to an aromatic ring is 1. The van der Waals surface area contributed by atoms with Crippen LogP contribution in [0.5, 0.6) is 0 Å². The molecule has 0 radical (unpaired) electrons. The van der Waals surface area contributed by atoms with E-state index < -0.39 is 0 Å². The molecule has 1 fully saturated rings. The fourth-order valence-corrected chi connectivity index (χ4v) is 2.87. The number of piperidine rings is 1. The molecule has 0 spiro atoms. The van der Waals surface area contributed by atoms with Crippen molar-refractivity contribution in [2.24, 2.45) is 5.92 Å². The van der Waals surface area contributed by atoms with Gasteiger partial charge < -0.3 is 10.6 Å². The van der Waals surface area contributed by atoms with Crippen molar-refractivity contribution in [3.8, 4) is 0 Å². The first-order valence-corrected chi connectivity index (χ1v) is 7.62. The van der Waals surface area contributed by atoms with E-state index in [2.05, 4.69) is 21.8 Å². The van der Waals surface area contributed by atoms with Crippen molar-refractivity contribution < 1.29 is 4.79 Å². The van der Waals surface area contributed by atoms with Gasteiger partial charge in [-0.25, -0.2) is 9.97 Å². The van der Waals surface area contributed by atoms with E-state index in [0.29, 0.717) is 17.2 Å². The highest BCUT2D eigenvalue weighted by Gasteiger charge is 2.19. The summed E-state index contributed by atoms with van der Waals surface area (Å²) in [6.45, 7) is 4.22. The molecular formula is C17H20N4O. The van der Waals surface area contributed by atoms with Gasteiger partial charge in [0.2, 0.25) is 5.78 Å². The van der Waals surface area contributed by atoms with Gasteiger partial charge in [0.05, 0.1) is 5.56 Å². The first-order valence-electron chi connectivity index (χ1n) is 7.62. The number of nitrogens with two attached hydrogens (primary N) is 1. The molecule has 1 aliphatic rings. The number of hydrogen-bond acceptors (Lipinski definition) is 5. The topological polar surface area (TPSA) is 72.1 Å². The van der Waals surface area contributed by atoms with Crippen LogP contribution in [0.2, 0.25) is 0 Å². The molecular weight excluding hydrogens is 276 g/mol. The Hall–Kier alpha value is -2.43. The average Bonchev–Trinajstić information content (AvgIpc) is 2.55. The minimum atomic E-state index is -0.183. The third-order valence-electron chi connectivity index (χ3n) is 4.03. The van der Waals surface area contributed by atoms with E-state index in [1.54, 1.807) is 24.4 Å². The Morgan fingerprint density at radius 3 is 2.95 bits per heavy atom. The van der Waals surface area contributed by atoms with Gasteiger partial charge in [0, 0.05) is 19.3 Å². The summed E-state index contributed by atoms with van der Waals surface area (Å²) in [7, 11) is 0. The first kappa shape index (κ1) is 14.5. The van der Waals surface area contributed by atoms with E-state index >= 15 is 0 Å². The third-order valence-corrected chi connectivity index (χ3v) is 4.03. The van der Waals surface area contributed by atoms with E-state index in [4.69, 9.17) is 5.73 Å². The predicted octanol–water partition coefficient (Wildman–Crippen LogP) is 2.53. The molecule has 2 aromatic heterocycles. The Kier molecular flexibility index (Phi) is 4.04. The molecule has 5 nitrogen and oxygen atoms in total. The van der Waals surface area contributed by atoms with Crippen LogP contribution in [0.4, 0.5) is 11.6 Å². The number of pyridine rings is 2. The van der Waals surface area contributed by atoms with Crippen LogP contribution in [-0.2, 0) is 0 Å². The van der Waals surface area contributed by atoms with Gasteiger partial charge >= 0.3 is 0 Å². The minimum absolute atomic E-state index is 0.183. The van der Waals surface area contributed by atoms with Crippen molar-refractivity contribution in [1.29, 1.82) is 0 Å². The van der Waals surface area contributed by atoms with Gasteiger partial charge in [-0.15, -0.1) is 0 Å². The van der Waals surface area contributed by atoms with Crippen LogP contribution in [-0.4, -0.2) is 28.8 Å². The van der Waals surface area contributed by atoms with Gasteiger partial charge in [0.1, 0.15) is 17.3 Å². The molecule has 0 bridgehead atoms. The molecule has 114 valence electrons. The maximum Gasteiger partial charge on any atom is 0.215 e. The molecule has 0 unspecified atom stereocenters. The van der Waals surface area contributed by atoms with Crippen LogP contribution < -0.4 is 10.6 Å². The molecule has 2 N–H and O–H groups in total. The van der Waals surface area contributed by atoms with Crippen molar-refractivity contribution >= 4 is 17.4 Å². The van der Waals surface area contributed by atoms with Crippen LogP contribution in [0.15, 0.2) is 36.5 Å². The standard InChI is InChI=1S/C17H20N4O/c1-12-5-4-10-21(11-12)15-8-2-7-14(20-15)16(22)13-6-3-9-19-17(13)18/h2-3,6-9,12H,4-5,10-11H2,1H3,(H2,18,19)/t12-/m1/s1. The summed E-state index contributed by atoms with van der Waals surface area (Å²) >= 11 is 0. The molecule has 2 aromatic rings. The first-order chi connectivity index (χ1) is 10.6. The minimum Gasteiger partial charge on any atom is -0.383 e. The second-order valence-electron chi connectivity index (χ2n) is 5.84. The lowest BCUT2D eigenvalue weighted by Crippen LogP contribution is -2.35. The molecule has 1 aliphatic heterocycles. The van der Waals surface area contributed by atoms with Crippen LogP contribution in [0, 0.1) is 5.92 Å². The van der Waals surface area contributed by atoms with Gasteiger partial charge in [-0.1, -0.05) is 13.0 Å². The second kappa shape index (κ2) is 6.13. The Morgan fingerprint density at radius 2 is 2.18 bits per heavy atom. The smallest absolute Gasteiger partial charge is 0.215 e. The summed E-state index contributed by atoms with van der Waals surface area (Å²) in [5.41, 5.74) is 6.60. The van der Waals surface area contributed by atoms with E-state index in [9.17, 15) is 4.79 Å². The van der Waals surface area contributed by atoms with Crippen molar-refractivity contribution in [2.45, 2.75) is 19.8 Å². The molecule has 3 rings (SSSR count). The maximum atomic E-state index is 12.6. The lowest BCUT2D eigenvalue weighted by atomic mass is 10.0. The summed E-state index contributed by atoms with van der Waals surface area (Å²) in [6, 6.07) is 8.95. The van der Waals surface area contributed by atoms with Gasteiger partial charge in [-0.05, 0) is 43.0 Å². The van der Waals surface area contributed by atoms with Gasteiger partial charge in [0.25, 0.3) is 0 Å². The maximum absolute atomic E-state index is 12.6. The molecule has 0 aromatic carbocycles. The predicted molar refractivity (Wildman–Crippen MR) is 86.9 cm³/mol. The monoisotopic (exact) mass is 296 g/mol. The van der Waals surface area contributed by atoms with Gasteiger partial charge in [-0.2, -0.15) is 0 Å². The van der Waals surface area contributed by atoms with Crippen LogP contribution in [0.3, 0.4) is 0 Å². The van der Waals surface area contributed by atoms with Crippen molar-refractivity contribution in [3.05, 3.63) is 47.8 Å². The number of nitrogens with zero attached hydrogens (tertiary/aromatic N) is 3. The number of hydrogen-bond donors (Lipinski definition) is 1. The zero-order chi connectivity index (χ0) is 15.5. The molecule has 0 saturated carbocycles. The summed E-state index contributed by atoms with van der Waals surface area (Å²) in [4.78, 5) is 23.3. The molecule has 22 heavy (non-hydrogen) atoms. The van der Waals surface area contributed by atoms with E-state index in [0.717, 1.165) is 25.3 Å². The van der Waals surface area contributed by atoms with Crippen molar-refractivity contribution in [2.75, 3.05) is 23.7 Å². The summed E-state index contributed by atoms with van der Waals surface area (Å²) in [6.07, 6.45) is 3.99. The quantitative estimate of drug-likeness (QED) is 0.881. The molecule has 1 saturated heterocycles. The zero-order valence-electron chi connectivity index (χ0n) is 12.7. The van der Waals surface area contributed by atoms with Crippen molar-refractivity contribution in [3.63, 3.8) is 0 Å². The lowest BCUT2D eigenvalue weighted by Gasteiger charge is -2.32. The average molecular weight is 296 g/mol. The fraction of sp³-hybridized carbons (Fsp3) is 0.353. The lowest BCUT2D eigenvalue weighted by molar-refractivity contribution is 0.103. The van der Waals surface area contributed by atoms with Gasteiger partial charge in [-0.3, -0.25) is 4.79 Å². The number of aromatic nitrogens is 2.